The number of Topliss-reactive ketones (excluding diaryl/α,β-unsaturated/α-hetero) is 1. The Morgan fingerprint density at radius 2 is 1.64 bits per heavy atom. The number of methoxy groups -OCH3 is 1. The molecule has 0 fully saturated rings. The van der Waals surface area contributed by atoms with Crippen LogP contribution in [0.25, 0.3) is 0 Å². The molecule has 0 aliphatic carbocycles. The monoisotopic (exact) mass is 564 g/mol. The van der Waals surface area contributed by atoms with Crippen LogP contribution in [0, 0.1) is 0 Å². The summed E-state index contributed by atoms with van der Waals surface area (Å²) in [5.41, 5.74) is 1.72. The van der Waals surface area contributed by atoms with E-state index in [0.29, 0.717) is 33.0 Å². The summed E-state index contributed by atoms with van der Waals surface area (Å²) in [6, 6.07) is 19.7. The molecule has 3 aromatic carbocycles. The van der Waals surface area contributed by atoms with E-state index in [1.165, 1.54) is 0 Å². The van der Waals surface area contributed by atoms with Crippen molar-refractivity contribution in [3.05, 3.63) is 111 Å². The van der Waals surface area contributed by atoms with Crippen molar-refractivity contribution < 1.29 is 14.3 Å². The van der Waals surface area contributed by atoms with Crippen LogP contribution in [0.3, 0.4) is 0 Å². The van der Waals surface area contributed by atoms with Gasteiger partial charge in [-0.2, -0.15) is 0 Å². The van der Waals surface area contributed by atoms with E-state index in [1.54, 1.807) is 55.6 Å². The Morgan fingerprint density at radius 3 is 2.31 bits per heavy atom. The predicted octanol–water partition coefficient (Wildman–Crippen LogP) is 7.41. The van der Waals surface area contributed by atoms with Gasteiger partial charge in [0.2, 0.25) is 0 Å². The molecule has 5 nitrogen and oxygen atoms in total. The molecule has 0 saturated heterocycles. The van der Waals surface area contributed by atoms with E-state index in [9.17, 15) is 4.79 Å². The average Bonchev–Trinajstić information content (AvgIpc) is 3.34. The third-order valence-electron chi connectivity index (χ3n) is 5.77. The molecule has 1 aliphatic heterocycles. The minimum Gasteiger partial charge on any atom is -0.497 e. The molecule has 0 N–H and O–H groups in total. The number of alkyl halides is 1. The number of nitrogens with zero attached hydrogens (tertiary/aromatic N) is 2. The fraction of sp³-hybridized carbons (Fsp3) is 0.222. The molecular formula is C27H24Cl4N2O3. The van der Waals surface area contributed by atoms with Crippen molar-refractivity contribution in [3.8, 4) is 5.75 Å². The van der Waals surface area contributed by atoms with E-state index in [1.807, 2.05) is 40.4 Å². The lowest BCUT2D eigenvalue weighted by molar-refractivity contribution is 0.00699. The van der Waals surface area contributed by atoms with Gasteiger partial charge in [0.05, 0.1) is 26.9 Å². The number of carbonyl (C=O) groups is 1. The number of hydrogen-bond donors (Lipinski definition) is 0. The molecule has 2 atom stereocenters. The average molecular weight is 566 g/mol. The van der Waals surface area contributed by atoms with Gasteiger partial charge in [-0.3, -0.25) is 4.79 Å². The minimum atomic E-state index is -0.561. The topological polar surface area (TPSA) is 42.0 Å². The molecule has 1 aliphatic rings. The van der Waals surface area contributed by atoms with Crippen molar-refractivity contribution in [1.29, 1.82) is 0 Å². The van der Waals surface area contributed by atoms with Gasteiger partial charge in [-0.15, -0.1) is 0 Å². The number of hydrogen-bond acceptors (Lipinski definition) is 5. The van der Waals surface area contributed by atoms with Gasteiger partial charge in [-0.25, -0.2) is 0 Å². The fourth-order valence-corrected chi connectivity index (χ4v) is 4.71. The maximum atomic E-state index is 12.8. The second-order valence-electron chi connectivity index (χ2n) is 8.24. The highest BCUT2D eigenvalue weighted by atomic mass is 35.5. The zero-order valence-corrected chi connectivity index (χ0v) is 22.4. The van der Waals surface area contributed by atoms with E-state index in [-0.39, 0.29) is 18.9 Å². The molecule has 0 radical (unpaired) electrons. The smallest absolute Gasteiger partial charge is 0.182 e. The molecule has 0 saturated carbocycles. The van der Waals surface area contributed by atoms with Crippen molar-refractivity contribution in [2.45, 2.75) is 18.2 Å². The van der Waals surface area contributed by atoms with Gasteiger partial charge in [-0.05, 0) is 59.7 Å². The van der Waals surface area contributed by atoms with Crippen LogP contribution in [-0.4, -0.2) is 41.4 Å². The highest BCUT2D eigenvalue weighted by Crippen LogP contribution is 2.33. The zero-order chi connectivity index (χ0) is 25.7. The Balaban J connectivity index is 1.44. The van der Waals surface area contributed by atoms with E-state index in [4.69, 9.17) is 55.9 Å². The third-order valence-corrected chi connectivity index (χ3v) is 7.09. The number of ether oxygens (including phenoxy) is 2. The first-order valence-electron chi connectivity index (χ1n) is 11.1. The molecular weight excluding hydrogens is 542 g/mol. The molecule has 0 aromatic heterocycles. The van der Waals surface area contributed by atoms with Crippen LogP contribution in [0.15, 0.2) is 79.1 Å². The summed E-state index contributed by atoms with van der Waals surface area (Å²) in [4.78, 5) is 16.6. The lowest BCUT2D eigenvalue weighted by Crippen LogP contribution is -2.37. The summed E-state index contributed by atoms with van der Waals surface area (Å²) in [7, 11) is 1.59. The Hall–Kier alpha value is -2.41. The van der Waals surface area contributed by atoms with Crippen molar-refractivity contribution in [3.63, 3.8) is 0 Å². The molecule has 1 heterocycles. The first kappa shape index (κ1) is 26.6. The van der Waals surface area contributed by atoms with Crippen LogP contribution in [-0.2, 0) is 11.3 Å². The lowest BCUT2D eigenvalue weighted by Gasteiger charge is -2.31. The molecule has 188 valence electrons. The molecule has 2 unspecified atom stereocenters. The fourth-order valence-electron chi connectivity index (χ4n) is 3.78. The summed E-state index contributed by atoms with van der Waals surface area (Å²) in [5, 5.41) is 1.70. The largest absolute Gasteiger partial charge is 0.497 e. The normalized spacial score (nSPS) is 14.7. The zero-order valence-electron chi connectivity index (χ0n) is 19.4. The highest BCUT2D eigenvalue weighted by molar-refractivity contribution is 6.35. The Kier molecular flexibility index (Phi) is 9.04. The number of ketones is 1. The Bertz CT molecular complexity index is 1220. The number of halogens is 4. The van der Waals surface area contributed by atoms with Crippen molar-refractivity contribution in [2.75, 3.05) is 20.3 Å². The molecule has 3 aromatic rings. The quantitative estimate of drug-likeness (QED) is 0.145. The van der Waals surface area contributed by atoms with Gasteiger partial charge in [0.1, 0.15) is 17.4 Å². The molecule has 0 amide bonds. The molecule has 9 heteroatoms. The second-order valence-corrected chi connectivity index (χ2v) is 9.97. The van der Waals surface area contributed by atoms with Crippen LogP contribution in [0.4, 0.5) is 0 Å². The van der Waals surface area contributed by atoms with Gasteiger partial charge < -0.3 is 19.3 Å². The van der Waals surface area contributed by atoms with Gasteiger partial charge in [0, 0.05) is 33.0 Å². The van der Waals surface area contributed by atoms with Gasteiger partial charge in [0.15, 0.2) is 5.78 Å². The molecule has 0 bridgehead atoms. The van der Waals surface area contributed by atoms with Gasteiger partial charge in [0.25, 0.3) is 0 Å². The Labute approximate surface area is 230 Å². The lowest BCUT2D eigenvalue weighted by atomic mass is 10.1. The summed E-state index contributed by atoms with van der Waals surface area (Å²) >= 11 is 25.4. The molecule has 36 heavy (non-hydrogen) atoms. The standard InChI is InChI=1S/C27H24Cl4N2O3/c1-35-23-10-5-18(6-11-23)25(34)15-32-12-13-33(17-32)27(31)26(19-2-7-21(28)8-3-19)36-16-20-4-9-22(29)14-24(20)30/h2-14,26-27H,15-17H2,1H3. The number of rotatable bonds is 10. The second kappa shape index (κ2) is 12.2. The maximum Gasteiger partial charge on any atom is 0.182 e. The molecule has 0 spiro atoms. The Morgan fingerprint density at radius 1 is 0.944 bits per heavy atom. The van der Waals surface area contributed by atoms with E-state index < -0.39 is 11.6 Å². The van der Waals surface area contributed by atoms with Crippen LogP contribution < -0.4 is 4.74 Å². The summed E-state index contributed by atoms with van der Waals surface area (Å²) in [6.07, 6.45) is 3.21. The number of benzene rings is 3. The van der Waals surface area contributed by atoms with Crippen molar-refractivity contribution >= 4 is 52.2 Å². The SMILES string of the molecule is COc1ccc(C(=O)CN2C=CN(C(Cl)C(OCc3ccc(Cl)cc3Cl)c3ccc(Cl)cc3)C2)cc1. The van der Waals surface area contributed by atoms with Crippen LogP contribution in [0.5, 0.6) is 5.75 Å². The predicted molar refractivity (Wildman–Crippen MR) is 145 cm³/mol. The highest BCUT2D eigenvalue weighted by Gasteiger charge is 2.30. The van der Waals surface area contributed by atoms with Crippen LogP contribution >= 0.6 is 46.4 Å². The minimum absolute atomic E-state index is 0.00171. The first-order chi connectivity index (χ1) is 17.3. The summed E-state index contributed by atoms with van der Waals surface area (Å²) in [6.45, 7) is 0.894. The van der Waals surface area contributed by atoms with Crippen molar-refractivity contribution in [1.82, 2.24) is 9.80 Å². The van der Waals surface area contributed by atoms with Crippen LogP contribution in [0.2, 0.25) is 15.1 Å². The summed E-state index contributed by atoms with van der Waals surface area (Å²) < 4.78 is 11.4. The van der Waals surface area contributed by atoms with Gasteiger partial charge in [-0.1, -0.05) is 64.6 Å². The first-order valence-corrected chi connectivity index (χ1v) is 12.7. The van der Waals surface area contributed by atoms with Crippen molar-refractivity contribution in [2.24, 2.45) is 0 Å². The molecule has 4 rings (SSSR count). The third kappa shape index (κ3) is 6.67. The summed E-state index contributed by atoms with van der Waals surface area (Å²) in [5.74, 6) is 0.704. The van der Waals surface area contributed by atoms with Gasteiger partial charge >= 0.3 is 0 Å². The van der Waals surface area contributed by atoms with E-state index in [2.05, 4.69) is 0 Å². The maximum absolute atomic E-state index is 12.8. The van der Waals surface area contributed by atoms with E-state index in [0.717, 1.165) is 11.1 Å². The number of carbonyl (C=O) groups excluding carboxylic acids is 1. The van der Waals surface area contributed by atoms with E-state index >= 15 is 0 Å². The van der Waals surface area contributed by atoms with Crippen LogP contribution in [0.1, 0.15) is 27.6 Å².